The Labute approximate surface area is 56.4 Å². The van der Waals surface area contributed by atoms with E-state index in [0.717, 1.165) is 12.2 Å². The van der Waals surface area contributed by atoms with Gasteiger partial charge < -0.3 is 5.32 Å². The van der Waals surface area contributed by atoms with Crippen LogP contribution in [0.1, 0.15) is 8.35 Å². The van der Waals surface area contributed by atoms with Gasteiger partial charge in [-0.15, -0.1) is 0 Å². The highest BCUT2D eigenvalue weighted by molar-refractivity contribution is 5.40. The minimum atomic E-state index is 0. The second-order valence-electron chi connectivity index (χ2n) is 1.77. The summed E-state index contributed by atoms with van der Waals surface area (Å²) in [4.78, 5) is 3.89. The second-order valence-corrected chi connectivity index (χ2v) is 1.77. The summed E-state index contributed by atoms with van der Waals surface area (Å²) in [5.41, 5.74) is 1.13. The molecule has 0 aliphatic rings. The Bertz CT molecular complexity index is 165. The van der Waals surface area contributed by atoms with Crippen LogP contribution >= 0.6 is 0 Å². The molecule has 9 heavy (non-hydrogen) atoms. The Morgan fingerprint density at radius 1 is 1.56 bits per heavy atom. The van der Waals surface area contributed by atoms with Crippen LogP contribution in [0.4, 0.5) is 5.69 Å². The topological polar surface area (TPSA) is 24.9 Å². The molecule has 1 aromatic rings. The zero-order valence-corrected chi connectivity index (χ0v) is 5.46. The Balaban J connectivity index is 0.000000810. The van der Waals surface area contributed by atoms with Crippen LogP contribution in [0.25, 0.3) is 0 Å². The summed E-state index contributed by atoms with van der Waals surface area (Å²) < 4.78 is 0. The summed E-state index contributed by atoms with van der Waals surface area (Å²) >= 11 is 0. The predicted octanol–water partition coefficient (Wildman–Crippen LogP) is 1.76. The van der Waals surface area contributed by atoms with E-state index in [4.69, 9.17) is 0 Å². The van der Waals surface area contributed by atoms with E-state index in [2.05, 4.69) is 17.2 Å². The van der Waals surface area contributed by atoms with E-state index in [1.165, 1.54) is 0 Å². The smallest absolute Gasteiger partial charge is 0.0370 e. The molecule has 2 heteroatoms. The summed E-state index contributed by atoms with van der Waals surface area (Å²) in [5, 5.41) is 3.17. The van der Waals surface area contributed by atoms with Crippen molar-refractivity contribution in [1.29, 1.82) is 0 Å². The Kier molecular flexibility index (Phi) is 2.07. The molecule has 0 aliphatic carbocycles. The third-order valence-corrected chi connectivity index (χ3v) is 1.06. The van der Waals surface area contributed by atoms with Crippen molar-refractivity contribution < 1.29 is 1.43 Å². The highest BCUT2D eigenvalue weighted by atomic mass is 14.9. The minimum Gasteiger partial charge on any atom is -0.385 e. The average Bonchev–Trinajstić information content (AvgIpc) is 1.91. The van der Waals surface area contributed by atoms with E-state index >= 15 is 0 Å². The van der Waals surface area contributed by atoms with Crippen LogP contribution in [0.2, 0.25) is 0 Å². The van der Waals surface area contributed by atoms with Gasteiger partial charge in [0.1, 0.15) is 0 Å². The molecule has 1 rings (SSSR count). The number of nitrogens with one attached hydrogen (secondary N) is 1. The van der Waals surface area contributed by atoms with Crippen molar-refractivity contribution in [2.75, 3.05) is 11.9 Å². The van der Waals surface area contributed by atoms with Gasteiger partial charge in [0.05, 0.1) is 0 Å². The summed E-state index contributed by atoms with van der Waals surface area (Å²) in [6.45, 7) is 3.03. The highest BCUT2D eigenvalue weighted by Crippen LogP contribution is 2.00. The van der Waals surface area contributed by atoms with Gasteiger partial charge in [-0.05, 0) is 19.1 Å². The number of anilines is 1. The zero-order chi connectivity index (χ0) is 6.53. The van der Waals surface area contributed by atoms with Crippen LogP contribution in [0.15, 0.2) is 24.5 Å². The third kappa shape index (κ3) is 1.72. The number of rotatable bonds is 2. The maximum atomic E-state index is 3.89. The molecule has 0 aromatic carbocycles. The lowest BCUT2D eigenvalue weighted by atomic mass is 10.4. The van der Waals surface area contributed by atoms with Gasteiger partial charge in [-0.1, -0.05) is 0 Å². The van der Waals surface area contributed by atoms with Gasteiger partial charge in [-0.3, -0.25) is 4.98 Å². The highest BCUT2D eigenvalue weighted by Gasteiger charge is 1.82. The molecular formula is C7H12N2. The fraction of sp³-hybridized carbons (Fsp3) is 0.286. The fourth-order valence-corrected chi connectivity index (χ4v) is 0.674. The van der Waals surface area contributed by atoms with Crippen LogP contribution < -0.4 is 5.32 Å². The quantitative estimate of drug-likeness (QED) is 0.649. The first-order valence-electron chi connectivity index (χ1n) is 3.07. The van der Waals surface area contributed by atoms with Gasteiger partial charge in [0, 0.05) is 26.1 Å². The monoisotopic (exact) mass is 124 g/mol. The zero-order valence-electron chi connectivity index (χ0n) is 5.46. The van der Waals surface area contributed by atoms with Gasteiger partial charge in [0.25, 0.3) is 0 Å². The summed E-state index contributed by atoms with van der Waals surface area (Å²) in [6, 6.07) is 3.90. The van der Waals surface area contributed by atoms with Crippen molar-refractivity contribution >= 4 is 5.69 Å². The standard InChI is InChI=1S/C7H10N2.H2/c1-2-9-7-3-5-8-6-4-7;/h3-6H,2H2,1H3,(H,8,9);1H. The van der Waals surface area contributed by atoms with Crippen molar-refractivity contribution in [3.63, 3.8) is 0 Å². The molecule has 0 aliphatic heterocycles. The van der Waals surface area contributed by atoms with Gasteiger partial charge >= 0.3 is 0 Å². The number of pyridine rings is 1. The Morgan fingerprint density at radius 3 is 2.78 bits per heavy atom. The predicted molar refractivity (Wildman–Crippen MR) is 40.5 cm³/mol. The van der Waals surface area contributed by atoms with Crippen molar-refractivity contribution in [3.8, 4) is 0 Å². The molecule has 0 saturated carbocycles. The van der Waals surface area contributed by atoms with E-state index < -0.39 is 0 Å². The minimum absolute atomic E-state index is 0. The summed E-state index contributed by atoms with van der Waals surface area (Å²) in [7, 11) is 0. The molecule has 0 unspecified atom stereocenters. The van der Waals surface area contributed by atoms with Gasteiger partial charge in [-0.25, -0.2) is 0 Å². The fourth-order valence-electron chi connectivity index (χ4n) is 0.674. The van der Waals surface area contributed by atoms with Crippen LogP contribution in [-0.4, -0.2) is 11.5 Å². The molecule has 0 saturated heterocycles. The summed E-state index contributed by atoms with van der Waals surface area (Å²) in [6.07, 6.45) is 3.55. The van der Waals surface area contributed by atoms with Gasteiger partial charge in [0.2, 0.25) is 0 Å². The molecule has 0 spiro atoms. The number of hydrogen-bond donors (Lipinski definition) is 1. The lowest BCUT2D eigenvalue weighted by Crippen LogP contribution is -1.95. The molecular weight excluding hydrogens is 112 g/mol. The molecule has 1 aromatic heterocycles. The third-order valence-electron chi connectivity index (χ3n) is 1.06. The van der Waals surface area contributed by atoms with E-state index in [-0.39, 0.29) is 1.43 Å². The van der Waals surface area contributed by atoms with Crippen LogP contribution in [0.5, 0.6) is 0 Å². The summed E-state index contributed by atoms with van der Waals surface area (Å²) in [5.74, 6) is 0. The molecule has 1 heterocycles. The molecule has 2 nitrogen and oxygen atoms in total. The van der Waals surface area contributed by atoms with E-state index in [1.807, 2.05) is 12.1 Å². The van der Waals surface area contributed by atoms with Crippen molar-refractivity contribution in [2.24, 2.45) is 0 Å². The van der Waals surface area contributed by atoms with Crippen molar-refractivity contribution in [2.45, 2.75) is 6.92 Å². The first kappa shape index (κ1) is 6.08. The molecule has 1 N–H and O–H groups in total. The number of aromatic nitrogens is 1. The molecule has 0 amide bonds. The van der Waals surface area contributed by atoms with Crippen LogP contribution in [-0.2, 0) is 0 Å². The van der Waals surface area contributed by atoms with Crippen LogP contribution in [0.3, 0.4) is 0 Å². The van der Waals surface area contributed by atoms with Crippen molar-refractivity contribution in [3.05, 3.63) is 24.5 Å². The maximum absolute atomic E-state index is 3.89. The first-order chi connectivity index (χ1) is 4.43. The van der Waals surface area contributed by atoms with Gasteiger partial charge in [0.15, 0.2) is 0 Å². The molecule has 0 radical (unpaired) electrons. The van der Waals surface area contributed by atoms with Crippen molar-refractivity contribution in [1.82, 2.24) is 4.98 Å². The molecule has 0 fully saturated rings. The van der Waals surface area contributed by atoms with E-state index in [1.54, 1.807) is 12.4 Å². The van der Waals surface area contributed by atoms with Gasteiger partial charge in [-0.2, -0.15) is 0 Å². The Morgan fingerprint density at radius 2 is 2.22 bits per heavy atom. The van der Waals surface area contributed by atoms with E-state index in [0.29, 0.717) is 0 Å². The normalized spacial score (nSPS) is 9.00. The lowest BCUT2D eigenvalue weighted by Gasteiger charge is -1.98. The molecule has 0 bridgehead atoms. The largest absolute Gasteiger partial charge is 0.385 e. The average molecular weight is 124 g/mol. The Hall–Kier alpha value is -1.05. The van der Waals surface area contributed by atoms with Crippen LogP contribution in [0, 0.1) is 0 Å². The maximum Gasteiger partial charge on any atom is 0.0370 e. The SMILES string of the molecule is CCNc1ccncc1.[HH]. The van der Waals surface area contributed by atoms with E-state index in [9.17, 15) is 0 Å². The lowest BCUT2D eigenvalue weighted by molar-refractivity contribution is 1.20. The number of hydrogen-bond acceptors (Lipinski definition) is 2. The second kappa shape index (κ2) is 3.07. The molecule has 50 valence electrons. The molecule has 0 atom stereocenters. The first-order valence-corrected chi connectivity index (χ1v) is 3.07. The number of nitrogens with zero attached hydrogens (tertiary/aromatic N) is 1.